The summed E-state index contributed by atoms with van der Waals surface area (Å²) in [6.07, 6.45) is 1.63. The average Bonchev–Trinajstić information content (AvgIpc) is 2.41. The van der Waals surface area contributed by atoms with E-state index in [2.05, 4.69) is 15.4 Å². The third-order valence-electron chi connectivity index (χ3n) is 2.18. The molecule has 0 aliphatic carbocycles. The first-order chi connectivity index (χ1) is 7.08. The summed E-state index contributed by atoms with van der Waals surface area (Å²) in [6, 6.07) is 1.88. The minimum atomic E-state index is -0.0994. The van der Waals surface area contributed by atoms with Gasteiger partial charge in [0.25, 0.3) is 0 Å². The topological polar surface area (TPSA) is 59.8 Å². The van der Waals surface area contributed by atoms with Gasteiger partial charge in [-0.2, -0.15) is 5.10 Å². The molecule has 15 heavy (non-hydrogen) atoms. The molecule has 0 atom stereocenters. The zero-order chi connectivity index (χ0) is 11.0. The van der Waals surface area contributed by atoms with Crippen LogP contribution >= 0.6 is 0 Å². The normalized spacial score (nSPS) is 10.6. The van der Waals surface area contributed by atoms with Crippen LogP contribution in [0.1, 0.15) is 12.6 Å². The van der Waals surface area contributed by atoms with Gasteiger partial charge in [-0.25, -0.2) is 4.98 Å². The SMILES string of the molecule is CC(=O)Nc1cnc2c(c1)c(C)nn2C. The lowest BCUT2D eigenvalue weighted by molar-refractivity contribution is -0.114. The number of pyridine rings is 1. The highest BCUT2D eigenvalue weighted by molar-refractivity contribution is 5.91. The molecule has 0 spiro atoms. The van der Waals surface area contributed by atoms with E-state index < -0.39 is 0 Å². The molecule has 78 valence electrons. The van der Waals surface area contributed by atoms with Crippen molar-refractivity contribution in [3.05, 3.63) is 18.0 Å². The molecule has 1 amide bonds. The number of aryl methyl sites for hydroxylation is 2. The third-order valence-corrected chi connectivity index (χ3v) is 2.18. The van der Waals surface area contributed by atoms with Crippen molar-refractivity contribution in [2.45, 2.75) is 13.8 Å². The lowest BCUT2D eigenvalue weighted by Crippen LogP contribution is -2.05. The quantitative estimate of drug-likeness (QED) is 0.760. The van der Waals surface area contributed by atoms with Crippen molar-refractivity contribution in [3.8, 4) is 0 Å². The predicted octanol–water partition coefficient (Wildman–Crippen LogP) is 1.24. The number of nitrogens with zero attached hydrogens (tertiary/aromatic N) is 3. The summed E-state index contributed by atoms with van der Waals surface area (Å²) in [5.74, 6) is -0.0994. The van der Waals surface area contributed by atoms with Gasteiger partial charge in [-0.05, 0) is 13.0 Å². The van der Waals surface area contributed by atoms with Gasteiger partial charge in [0, 0.05) is 19.4 Å². The molecule has 0 unspecified atom stereocenters. The van der Waals surface area contributed by atoms with Crippen LogP contribution in [0.15, 0.2) is 12.3 Å². The Hall–Kier alpha value is -1.91. The first kappa shape index (κ1) is 9.64. The molecule has 0 aromatic carbocycles. The molecule has 2 aromatic rings. The van der Waals surface area contributed by atoms with Crippen LogP contribution < -0.4 is 5.32 Å². The maximum Gasteiger partial charge on any atom is 0.221 e. The molecule has 0 saturated heterocycles. The van der Waals surface area contributed by atoms with Crippen molar-refractivity contribution in [1.82, 2.24) is 14.8 Å². The maximum absolute atomic E-state index is 10.9. The Balaban J connectivity index is 2.55. The fraction of sp³-hybridized carbons (Fsp3) is 0.300. The lowest BCUT2D eigenvalue weighted by atomic mass is 10.2. The van der Waals surface area contributed by atoms with E-state index in [0.29, 0.717) is 5.69 Å². The highest BCUT2D eigenvalue weighted by atomic mass is 16.1. The van der Waals surface area contributed by atoms with Crippen LogP contribution in [0.3, 0.4) is 0 Å². The molecule has 2 heterocycles. The van der Waals surface area contributed by atoms with Crippen LogP contribution in [0, 0.1) is 6.92 Å². The van der Waals surface area contributed by atoms with Gasteiger partial charge in [0.1, 0.15) is 0 Å². The molecule has 0 aliphatic rings. The van der Waals surface area contributed by atoms with Crippen LogP contribution in [0.5, 0.6) is 0 Å². The van der Waals surface area contributed by atoms with E-state index in [-0.39, 0.29) is 5.91 Å². The van der Waals surface area contributed by atoms with E-state index in [1.807, 2.05) is 20.0 Å². The molecular formula is C10H12N4O. The highest BCUT2D eigenvalue weighted by Crippen LogP contribution is 2.18. The molecule has 0 bridgehead atoms. The van der Waals surface area contributed by atoms with E-state index in [1.165, 1.54) is 6.92 Å². The number of hydrogen-bond donors (Lipinski definition) is 1. The first-order valence-corrected chi connectivity index (χ1v) is 4.65. The highest BCUT2D eigenvalue weighted by Gasteiger charge is 2.07. The summed E-state index contributed by atoms with van der Waals surface area (Å²) in [5, 5.41) is 7.91. The number of carbonyl (C=O) groups excluding carboxylic acids is 1. The second kappa shape index (κ2) is 3.34. The predicted molar refractivity (Wildman–Crippen MR) is 57.5 cm³/mol. The Morgan fingerprint density at radius 2 is 2.27 bits per heavy atom. The average molecular weight is 204 g/mol. The van der Waals surface area contributed by atoms with Crippen molar-refractivity contribution < 1.29 is 4.79 Å². The zero-order valence-corrected chi connectivity index (χ0v) is 8.90. The Morgan fingerprint density at radius 1 is 1.53 bits per heavy atom. The zero-order valence-electron chi connectivity index (χ0n) is 8.90. The Labute approximate surface area is 87.1 Å². The van der Waals surface area contributed by atoms with E-state index >= 15 is 0 Å². The second-order valence-electron chi connectivity index (χ2n) is 3.49. The molecule has 0 aliphatic heterocycles. The maximum atomic E-state index is 10.9. The summed E-state index contributed by atoms with van der Waals surface area (Å²) in [5.41, 5.74) is 2.43. The molecule has 2 aromatic heterocycles. The number of aromatic nitrogens is 3. The smallest absolute Gasteiger partial charge is 0.221 e. The summed E-state index contributed by atoms with van der Waals surface area (Å²) in [6.45, 7) is 3.39. The first-order valence-electron chi connectivity index (χ1n) is 4.65. The van der Waals surface area contributed by atoms with Gasteiger partial charge in [0.05, 0.1) is 17.6 Å². The fourth-order valence-corrected chi connectivity index (χ4v) is 1.58. The molecule has 0 fully saturated rings. The number of hydrogen-bond acceptors (Lipinski definition) is 3. The molecule has 0 radical (unpaired) electrons. The van der Waals surface area contributed by atoms with E-state index in [0.717, 1.165) is 16.7 Å². The third kappa shape index (κ3) is 1.68. The molecule has 0 saturated carbocycles. The van der Waals surface area contributed by atoms with Crippen molar-refractivity contribution in [2.75, 3.05) is 5.32 Å². The number of fused-ring (bicyclic) bond motifs is 1. The Bertz CT molecular complexity index is 529. The van der Waals surface area contributed by atoms with E-state index in [4.69, 9.17) is 0 Å². The Morgan fingerprint density at radius 3 is 2.93 bits per heavy atom. The summed E-state index contributed by atoms with van der Waals surface area (Å²) in [4.78, 5) is 15.1. The molecule has 5 heteroatoms. The minimum Gasteiger partial charge on any atom is -0.325 e. The van der Waals surface area contributed by atoms with Gasteiger partial charge in [0.15, 0.2) is 5.65 Å². The molecular weight excluding hydrogens is 192 g/mol. The molecule has 2 rings (SSSR count). The largest absolute Gasteiger partial charge is 0.325 e. The standard InChI is InChI=1S/C10H12N4O/c1-6-9-4-8(12-7(2)15)5-11-10(9)14(3)13-6/h4-5H,1-3H3,(H,12,15). The second-order valence-corrected chi connectivity index (χ2v) is 3.49. The van der Waals surface area contributed by atoms with Crippen LogP contribution in [0.25, 0.3) is 11.0 Å². The minimum absolute atomic E-state index is 0.0994. The van der Waals surface area contributed by atoms with Crippen LogP contribution in [0.4, 0.5) is 5.69 Å². The van der Waals surface area contributed by atoms with Crippen molar-refractivity contribution in [1.29, 1.82) is 0 Å². The van der Waals surface area contributed by atoms with Crippen LogP contribution in [-0.4, -0.2) is 20.7 Å². The fourth-order valence-electron chi connectivity index (χ4n) is 1.58. The van der Waals surface area contributed by atoms with Crippen molar-refractivity contribution >= 4 is 22.6 Å². The van der Waals surface area contributed by atoms with E-state index in [1.54, 1.807) is 10.9 Å². The van der Waals surface area contributed by atoms with Crippen molar-refractivity contribution in [3.63, 3.8) is 0 Å². The van der Waals surface area contributed by atoms with Crippen LogP contribution in [-0.2, 0) is 11.8 Å². The Kier molecular flexibility index (Phi) is 2.15. The lowest BCUT2D eigenvalue weighted by Gasteiger charge is -2.01. The van der Waals surface area contributed by atoms with Gasteiger partial charge in [-0.3, -0.25) is 9.48 Å². The summed E-state index contributed by atoms with van der Waals surface area (Å²) >= 11 is 0. The van der Waals surface area contributed by atoms with E-state index in [9.17, 15) is 4.79 Å². The summed E-state index contributed by atoms with van der Waals surface area (Å²) in [7, 11) is 1.85. The van der Waals surface area contributed by atoms with Gasteiger partial charge in [-0.1, -0.05) is 0 Å². The van der Waals surface area contributed by atoms with Gasteiger partial charge in [-0.15, -0.1) is 0 Å². The number of amides is 1. The monoisotopic (exact) mass is 204 g/mol. The molecule has 1 N–H and O–H groups in total. The summed E-state index contributed by atoms with van der Waals surface area (Å²) < 4.78 is 1.72. The molecule has 5 nitrogen and oxygen atoms in total. The van der Waals surface area contributed by atoms with Gasteiger partial charge < -0.3 is 5.32 Å². The van der Waals surface area contributed by atoms with Crippen LogP contribution in [0.2, 0.25) is 0 Å². The number of anilines is 1. The van der Waals surface area contributed by atoms with Crippen molar-refractivity contribution in [2.24, 2.45) is 7.05 Å². The van der Waals surface area contributed by atoms with Gasteiger partial charge in [0.2, 0.25) is 5.91 Å². The number of rotatable bonds is 1. The number of nitrogens with one attached hydrogen (secondary N) is 1. The number of carbonyl (C=O) groups is 1. The van der Waals surface area contributed by atoms with Gasteiger partial charge >= 0.3 is 0 Å².